The molecular weight excluding hydrogens is 701 g/mol. The number of fused-ring (bicyclic) bond motifs is 5. The molecule has 4 N–H and O–H groups in total. The van der Waals surface area contributed by atoms with Crippen LogP contribution >= 0.6 is 7.82 Å². The highest BCUT2D eigenvalue weighted by Gasteiger charge is 2.59. The average molecular weight is 774 g/mol. The number of aliphatic hydroxyl groups excluding tert-OH is 1. The van der Waals surface area contributed by atoms with Crippen LogP contribution in [0.15, 0.2) is 11.6 Å². The van der Waals surface area contributed by atoms with E-state index in [0.717, 1.165) is 54.8 Å². The van der Waals surface area contributed by atoms with Crippen molar-refractivity contribution in [1.82, 2.24) is 5.32 Å². The van der Waals surface area contributed by atoms with E-state index in [1.165, 1.54) is 51.4 Å². The lowest BCUT2D eigenvalue weighted by Crippen LogP contribution is -2.51. The maximum Gasteiger partial charge on any atom is 0.469 e. The van der Waals surface area contributed by atoms with Gasteiger partial charge in [-0.2, -0.15) is 0 Å². The topological polar surface area (TPSA) is 162 Å². The van der Waals surface area contributed by atoms with Crippen LogP contribution in [-0.2, 0) is 32.8 Å². The summed E-state index contributed by atoms with van der Waals surface area (Å²) in [5, 5.41) is 12.4. The quantitative estimate of drug-likeness (QED) is 0.0452. The lowest BCUT2D eigenvalue weighted by atomic mass is 9.47. The van der Waals surface area contributed by atoms with Gasteiger partial charge in [-0.25, -0.2) is 9.36 Å². The van der Waals surface area contributed by atoms with Crippen molar-refractivity contribution in [2.45, 2.75) is 124 Å². The molecule has 4 aliphatic rings. The van der Waals surface area contributed by atoms with Crippen molar-refractivity contribution < 1.29 is 52.5 Å². The molecule has 4 rings (SSSR count). The molecule has 0 saturated heterocycles. The summed E-state index contributed by atoms with van der Waals surface area (Å²) in [6.45, 7) is 15.0. The third-order valence-corrected chi connectivity index (χ3v) is 13.6. The van der Waals surface area contributed by atoms with Crippen molar-refractivity contribution in [2.24, 2.45) is 46.3 Å². The molecule has 4 unspecified atom stereocenters. The second-order valence-corrected chi connectivity index (χ2v) is 18.4. The molecule has 0 aromatic rings. The molecule has 0 aromatic carbocycles. The predicted molar refractivity (Wildman–Crippen MR) is 203 cm³/mol. The highest BCUT2D eigenvalue weighted by Crippen LogP contribution is 2.67. The zero-order valence-electron chi connectivity index (χ0n) is 33.3. The molecule has 0 aromatic heterocycles. The van der Waals surface area contributed by atoms with Crippen LogP contribution in [0.2, 0.25) is 0 Å². The Kier molecular flexibility index (Phi) is 18.1. The minimum atomic E-state index is -4.60. The summed E-state index contributed by atoms with van der Waals surface area (Å²) >= 11 is 0. The Hall–Kier alpha value is -1.08. The summed E-state index contributed by atoms with van der Waals surface area (Å²) < 4.78 is 42.4. The second kappa shape index (κ2) is 21.4. The highest BCUT2D eigenvalue weighted by atomic mass is 31.2. The number of rotatable bonds is 24. The van der Waals surface area contributed by atoms with Crippen molar-refractivity contribution >= 4 is 13.9 Å². The van der Waals surface area contributed by atoms with E-state index >= 15 is 0 Å². The first-order chi connectivity index (χ1) is 25.2. The third kappa shape index (κ3) is 13.5. The number of aliphatic hydroxyl groups is 1. The van der Waals surface area contributed by atoms with Gasteiger partial charge in [-0.3, -0.25) is 4.52 Å². The van der Waals surface area contributed by atoms with Crippen molar-refractivity contribution in [3.8, 4) is 0 Å². The summed E-state index contributed by atoms with van der Waals surface area (Å²) in [4.78, 5) is 29.9. The van der Waals surface area contributed by atoms with Crippen LogP contribution in [0, 0.1) is 46.3 Å². The summed E-state index contributed by atoms with van der Waals surface area (Å²) in [5.74, 6) is 4.94. The van der Waals surface area contributed by atoms with Crippen molar-refractivity contribution in [3.63, 3.8) is 0 Å². The molecule has 0 heterocycles. The number of alkyl carbamates (subject to hydrolysis) is 1. The fourth-order valence-electron chi connectivity index (χ4n) is 10.4. The van der Waals surface area contributed by atoms with Crippen LogP contribution in [0.3, 0.4) is 0 Å². The van der Waals surface area contributed by atoms with Gasteiger partial charge in [0.2, 0.25) is 0 Å². The average Bonchev–Trinajstić information content (AvgIpc) is 3.46. The predicted octanol–water partition coefficient (Wildman–Crippen LogP) is 7.05. The number of allylic oxidation sites excluding steroid dienone is 1. The molecule has 0 bridgehead atoms. The Labute approximate surface area is 319 Å². The second-order valence-electron chi connectivity index (χ2n) is 17.2. The number of phosphoric ester groups is 1. The maximum atomic E-state index is 12.7. The molecule has 0 radical (unpaired) electrons. The van der Waals surface area contributed by atoms with Gasteiger partial charge < -0.3 is 43.9 Å². The zero-order chi connectivity index (χ0) is 38.5. The fraction of sp³-hybridized carbons (Fsp3) is 0.925. The Bertz CT molecular complexity index is 1180. The highest BCUT2D eigenvalue weighted by molar-refractivity contribution is 7.46. The Morgan fingerprint density at radius 1 is 0.868 bits per heavy atom. The monoisotopic (exact) mass is 773 g/mol. The first-order valence-corrected chi connectivity index (χ1v) is 22.1. The minimum absolute atomic E-state index is 0.0528. The smallest absolute Gasteiger partial charge is 0.446 e. The van der Waals surface area contributed by atoms with Crippen LogP contribution in [0.4, 0.5) is 4.79 Å². The van der Waals surface area contributed by atoms with Gasteiger partial charge >= 0.3 is 13.9 Å². The molecule has 4 aliphatic carbocycles. The van der Waals surface area contributed by atoms with E-state index in [0.29, 0.717) is 58.0 Å². The van der Waals surface area contributed by atoms with Gasteiger partial charge in [-0.15, -0.1) is 0 Å². The van der Waals surface area contributed by atoms with E-state index in [-0.39, 0.29) is 30.8 Å². The van der Waals surface area contributed by atoms with Gasteiger partial charge in [0.1, 0.15) is 12.2 Å². The number of nitrogens with one attached hydrogen (secondary N) is 1. The number of phosphoric acid groups is 1. The fourth-order valence-corrected chi connectivity index (χ4v) is 10.8. The Morgan fingerprint density at radius 2 is 1.55 bits per heavy atom. The SMILES string of the molecule is CC(C)CCC[C@H](C)[C@@H]1CCC2C3CC=C4C[C@H](OC(=O)NCCCOCCOCCOCCOCC(O)COP(=O)(O)O)CC[C@@]4(C)C3CC[C@]21C. The van der Waals surface area contributed by atoms with Gasteiger partial charge in [0, 0.05) is 19.6 Å². The van der Waals surface area contributed by atoms with Crippen molar-refractivity contribution in [3.05, 3.63) is 11.6 Å². The summed E-state index contributed by atoms with van der Waals surface area (Å²) in [6, 6.07) is 0. The minimum Gasteiger partial charge on any atom is -0.446 e. The first kappa shape index (κ1) is 44.6. The summed E-state index contributed by atoms with van der Waals surface area (Å²) in [6.07, 6.45) is 15.6. The van der Waals surface area contributed by atoms with Crippen LogP contribution in [0.25, 0.3) is 0 Å². The molecule has 1 amide bonds. The molecule has 53 heavy (non-hydrogen) atoms. The van der Waals surface area contributed by atoms with E-state index in [9.17, 15) is 14.5 Å². The van der Waals surface area contributed by atoms with Crippen LogP contribution in [-0.4, -0.2) is 99.2 Å². The molecule has 12 nitrogen and oxygen atoms in total. The van der Waals surface area contributed by atoms with Gasteiger partial charge in [0.15, 0.2) is 0 Å². The standard InChI is InChI=1S/C40H72NO11P/c1-29(2)8-6-9-30(3)35-12-13-36-34-11-10-31-26-33(14-16-39(31,4)37(34)15-17-40(35,36)5)52-38(43)41-18-7-19-47-20-21-48-22-23-49-24-25-50-27-32(42)28-51-53(44,45)46/h10,29-30,32-37,42H,6-9,11-28H2,1-5H3,(H,41,43)(H2,44,45,46)/t30-,32?,33+,34?,35-,36?,37?,39+,40-/m0/s1. The number of carbonyl (C=O) groups excluding carboxylic acids is 1. The van der Waals surface area contributed by atoms with E-state index in [2.05, 4.69) is 50.5 Å². The molecule has 9 atom stereocenters. The van der Waals surface area contributed by atoms with Gasteiger partial charge in [0.05, 0.1) is 52.9 Å². The maximum absolute atomic E-state index is 12.7. The van der Waals surface area contributed by atoms with Crippen LogP contribution < -0.4 is 5.32 Å². The van der Waals surface area contributed by atoms with E-state index in [1.54, 1.807) is 5.57 Å². The van der Waals surface area contributed by atoms with Crippen molar-refractivity contribution in [2.75, 3.05) is 66.0 Å². The molecular formula is C40H72NO11P. The number of amides is 1. The van der Waals surface area contributed by atoms with Crippen LogP contribution in [0.1, 0.15) is 112 Å². The lowest BCUT2D eigenvalue weighted by molar-refractivity contribution is -0.0581. The molecule has 3 fully saturated rings. The van der Waals surface area contributed by atoms with E-state index in [1.807, 2.05) is 0 Å². The van der Waals surface area contributed by atoms with E-state index < -0.39 is 20.5 Å². The Morgan fingerprint density at radius 3 is 2.23 bits per heavy atom. The van der Waals surface area contributed by atoms with E-state index in [4.69, 9.17) is 33.5 Å². The zero-order valence-corrected chi connectivity index (χ0v) is 34.2. The number of hydrogen-bond acceptors (Lipinski definition) is 9. The molecule has 0 aliphatic heterocycles. The summed E-state index contributed by atoms with van der Waals surface area (Å²) in [5.41, 5.74) is 2.29. The number of hydrogen-bond donors (Lipinski definition) is 4. The summed E-state index contributed by atoms with van der Waals surface area (Å²) in [7, 11) is -4.60. The number of ether oxygens (including phenoxy) is 5. The third-order valence-electron chi connectivity index (χ3n) is 13.1. The molecule has 308 valence electrons. The lowest BCUT2D eigenvalue weighted by Gasteiger charge is -2.58. The van der Waals surface area contributed by atoms with Gasteiger partial charge in [-0.1, -0.05) is 65.5 Å². The molecule has 3 saturated carbocycles. The Balaban J connectivity index is 1.02. The largest absolute Gasteiger partial charge is 0.469 e. The van der Waals surface area contributed by atoms with Crippen LogP contribution in [0.5, 0.6) is 0 Å². The van der Waals surface area contributed by atoms with Crippen molar-refractivity contribution in [1.29, 1.82) is 0 Å². The molecule has 0 spiro atoms. The molecule has 13 heteroatoms. The van der Waals surface area contributed by atoms with Gasteiger partial charge in [0.25, 0.3) is 0 Å². The first-order valence-electron chi connectivity index (χ1n) is 20.6. The normalized spacial score (nSPS) is 31.0. The number of carbonyl (C=O) groups is 1. The van der Waals surface area contributed by atoms with Gasteiger partial charge in [-0.05, 0) is 97.7 Å².